The fraction of sp³-hybridized carbons (Fsp3) is 0.600. The van der Waals surface area contributed by atoms with Crippen LogP contribution in [-0.4, -0.2) is 19.7 Å². The number of ether oxygens (including phenoxy) is 1. The summed E-state index contributed by atoms with van der Waals surface area (Å²) in [5, 5.41) is 3.34. The van der Waals surface area contributed by atoms with Gasteiger partial charge in [0, 0.05) is 6.61 Å². The molecule has 1 saturated carbocycles. The average Bonchev–Trinajstić information content (AvgIpc) is 3.16. The van der Waals surface area contributed by atoms with Gasteiger partial charge in [-0.1, -0.05) is 31.2 Å². The Morgan fingerprint density at radius 2 is 1.88 bits per heavy atom. The summed E-state index contributed by atoms with van der Waals surface area (Å²) in [7, 11) is 0. The second kappa shape index (κ2) is 6.77. The zero-order valence-electron chi connectivity index (χ0n) is 10.7. The van der Waals surface area contributed by atoms with Gasteiger partial charge in [0.15, 0.2) is 0 Å². The Kier molecular flexibility index (Phi) is 5.02. The molecule has 0 atom stereocenters. The molecule has 1 aromatic carbocycles. The van der Waals surface area contributed by atoms with E-state index < -0.39 is 0 Å². The summed E-state index contributed by atoms with van der Waals surface area (Å²) in [5.74, 6) is 0.856. The van der Waals surface area contributed by atoms with Crippen LogP contribution in [0.25, 0.3) is 0 Å². The highest BCUT2D eigenvalue weighted by atomic mass is 16.5. The molecule has 0 aliphatic heterocycles. The number of likely N-dealkylation sites (N-methyl/N-ethyl adjacent to an activating group) is 1. The van der Waals surface area contributed by atoms with Gasteiger partial charge in [-0.2, -0.15) is 0 Å². The Labute approximate surface area is 104 Å². The molecule has 1 fully saturated rings. The van der Waals surface area contributed by atoms with Gasteiger partial charge in [0.1, 0.15) is 0 Å². The summed E-state index contributed by atoms with van der Waals surface area (Å²) < 4.78 is 5.67. The summed E-state index contributed by atoms with van der Waals surface area (Å²) in [4.78, 5) is 0. The van der Waals surface area contributed by atoms with Crippen LogP contribution in [0.15, 0.2) is 24.3 Å². The van der Waals surface area contributed by atoms with E-state index in [1.165, 1.54) is 24.0 Å². The summed E-state index contributed by atoms with van der Waals surface area (Å²) in [6.45, 7) is 5.97. The highest BCUT2D eigenvalue weighted by Gasteiger charge is 2.20. The Hall–Kier alpha value is -0.860. The zero-order chi connectivity index (χ0) is 11.9. The highest BCUT2D eigenvalue weighted by molar-refractivity contribution is 5.22. The molecule has 0 radical (unpaired) electrons. The molecular formula is C15H23NO. The van der Waals surface area contributed by atoms with Crippen molar-refractivity contribution >= 4 is 0 Å². The summed E-state index contributed by atoms with van der Waals surface area (Å²) in [5.41, 5.74) is 2.69. The third-order valence-electron chi connectivity index (χ3n) is 3.18. The first-order chi connectivity index (χ1) is 8.38. The lowest BCUT2D eigenvalue weighted by Crippen LogP contribution is -2.15. The number of rotatable bonds is 8. The molecule has 0 saturated heterocycles. The van der Waals surface area contributed by atoms with E-state index in [0.29, 0.717) is 0 Å². The lowest BCUT2D eigenvalue weighted by molar-refractivity contribution is 0.111. The van der Waals surface area contributed by atoms with Crippen LogP contribution >= 0.6 is 0 Å². The van der Waals surface area contributed by atoms with Gasteiger partial charge < -0.3 is 10.1 Å². The lowest BCUT2D eigenvalue weighted by Gasteiger charge is -2.05. The van der Waals surface area contributed by atoms with Crippen molar-refractivity contribution in [1.29, 1.82) is 0 Å². The molecule has 2 nitrogen and oxygen atoms in total. The standard InChI is InChI=1S/C15H23NO/c1-2-16-10-9-13-3-5-14(6-4-13)11-17-12-15-7-8-15/h3-6,15-16H,2,7-12H2,1H3. The van der Waals surface area contributed by atoms with Crippen molar-refractivity contribution in [3.63, 3.8) is 0 Å². The summed E-state index contributed by atoms with van der Waals surface area (Å²) in [6, 6.07) is 8.81. The van der Waals surface area contributed by atoms with E-state index in [9.17, 15) is 0 Å². The summed E-state index contributed by atoms with van der Waals surface area (Å²) >= 11 is 0. The van der Waals surface area contributed by atoms with E-state index >= 15 is 0 Å². The Morgan fingerprint density at radius 1 is 1.18 bits per heavy atom. The van der Waals surface area contributed by atoms with Crippen molar-refractivity contribution in [2.24, 2.45) is 5.92 Å². The Balaban J connectivity index is 1.68. The molecule has 0 aromatic heterocycles. The molecule has 2 heteroatoms. The topological polar surface area (TPSA) is 21.3 Å². The first-order valence-electron chi connectivity index (χ1n) is 6.74. The predicted octanol–water partition coefficient (Wildman–Crippen LogP) is 2.77. The van der Waals surface area contributed by atoms with Crippen LogP contribution in [0.1, 0.15) is 30.9 Å². The molecule has 1 aliphatic carbocycles. The molecule has 0 heterocycles. The average molecular weight is 233 g/mol. The molecule has 0 unspecified atom stereocenters. The minimum Gasteiger partial charge on any atom is -0.376 e. The largest absolute Gasteiger partial charge is 0.376 e. The van der Waals surface area contributed by atoms with Gasteiger partial charge in [-0.05, 0) is 49.4 Å². The monoisotopic (exact) mass is 233 g/mol. The maximum Gasteiger partial charge on any atom is 0.0717 e. The molecule has 0 bridgehead atoms. The molecular weight excluding hydrogens is 210 g/mol. The van der Waals surface area contributed by atoms with E-state index in [-0.39, 0.29) is 0 Å². The van der Waals surface area contributed by atoms with Gasteiger partial charge in [0.2, 0.25) is 0 Å². The fourth-order valence-electron chi connectivity index (χ4n) is 1.84. The van der Waals surface area contributed by atoms with E-state index in [2.05, 4.69) is 36.5 Å². The van der Waals surface area contributed by atoms with E-state index in [4.69, 9.17) is 4.74 Å². The second-order valence-electron chi connectivity index (χ2n) is 4.88. The van der Waals surface area contributed by atoms with Gasteiger partial charge in [0.25, 0.3) is 0 Å². The smallest absolute Gasteiger partial charge is 0.0717 e. The normalized spacial score (nSPS) is 15.1. The second-order valence-corrected chi connectivity index (χ2v) is 4.88. The predicted molar refractivity (Wildman–Crippen MR) is 71.1 cm³/mol. The van der Waals surface area contributed by atoms with Crippen LogP contribution in [0.3, 0.4) is 0 Å². The summed E-state index contributed by atoms with van der Waals surface area (Å²) in [6.07, 6.45) is 3.84. The highest BCUT2D eigenvalue weighted by Crippen LogP contribution is 2.29. The van der Waals surface area contributed by atoms with E-state index in [1.807, 2.05) is 0 Å². The van der Waals surface area contributed by atoms with Crippen LogP contribution in [0, 0.1) is 5.92 Å². The van der Waals surface area contributed by atoms with Crippen molar-refractivity contribution in [3.8, 4) is 0 Å². The maximum atomic E-state index is 5.67. The van der Waals surface area contributed by atoms with Crippen molar-refractivity contribution in [3.05, 3.63) is 35.4 Å². The number of hydrogen-bond acceptors (Lipinski definition) is 2. The van der Waals surface area contributed by atoms with Crippen molar-refractivity contribution in [2.75, 3.05) is 19.7 Å². The van der Waals surface area contributed by atoms with Crippen LogP contribution in [0.2, 0.25) is 0 Å². The van der Waals surface area contributed by atoms with Gasteiger partial charge >= 0.3 is 0 Å². The quantitative estimate of drug-likeness (QED) is 0.697. The van der Waals surface area contributed by atoms with Crippen LogP contribution in [0.5, 0.6) is 0 Å². The van der Waals surface area contributed by atoms with Crippen LogP contribution in [-0.2, 0) is 17.8 Å². The van der Waals surface area contributed by atoms with E-state index in [1.54, 1.807) is 0 Å². The van der Waals surface area contributed by atoms with E-state index in [0.717, 1.165) is 38.6 Å². The molecule has 0 spiro atoms. The first-order valence-corrected chi connectivity index (χ1v) is 6.74. The molecule has 0 amide bonds. The Bertz CT molecular complexity index is 316. The SMILES string of the molecule is CCNCCc1ccc(COCC2CC2)cc1. The zero-order valence-corrected chi connectivity index (χ0v) is 10.7. The van der Waals surface area contributed by atoms with Gasteiger partial charge in [-0.25, -0.2) is 0 Å². The molecule has 94 valence electrons. The first kappa shape index (κ1) is 12.6. The van der Waals surface area contributed by atoms with Crippen LogP contribution < -0.4 is 5.32 Å². The molecule has 17 heavy (non-hydrogen) atoms. The van der Waals surface area contributed by atoms with Gasteiger partial charge in [-0.3, -0.25) is 0 Å². The molecule has 1 aromatic rings. The third-order valence-corrected chi connectivity index (χ3v) is 3.18. The minimum absolute atomic E-state index is 0.768. The fourth-order valence-corrected chi connectivity index (χ4v) is 1.84. The number of hydrogen-bond donors (Lipinski definition) is 1. The maximum absolute atomic E-state index is 5.67. The minimum atomic E-state index is 0.768. The molecule has 1 aliphatic rings. The number of nitrogens with one attached hydrogen (secondary N) is 1. The Morgan fingerprint density at radius 3 is 2.53 bits per heavy atom. The lowest BCUT2D eigenvalue weighted by atomic mass is 10.1. The third kappa shape index (κ3) is 4.88. The van der Waals surface area contributed by atoms with Gasteiger partial charge in [0.05, 0.1) is 6.61 Å². The van der Waals surface area contributed by atoms with Crippen LogP contribution in [0.4, 0.5) is 0 Å². The van der Waals surface area contributed by atoms with Crippen molar-refractivity contribution < 1.29 is 4.74 Å². The molecule has 2 rings (SSSR count). The van der Waals surface area contributed by atoms with Crippen molar-refractivity contribution in [2.45, 2.75) is 32.8 Å². The van der Waals surface area contributed by atoms with Gasteiger partial charge in [-0.15, -0.1) is 0 Å². The van der Waals surface area contributed by atoms with Crippen molar-refractivity contribution in [1.82, 2.24) is 5.32 Å². The molecule has 1 N–H and O–H groups in total. The number of benzene rings is 1.